The summed E-state index contributed by atoms with van der Waals surface area (Å²) in [7, 11) is 3.25. The van der Waals surface area contributed by atoms with Crippen molar-refractivity contribution < 1.29 is 23.5 Å². The zero-order chi connectivity index (χ0) is 27.1. The van der Waals surface area contributed by atoms with Crippen molar-refractivity contribution in [2.45, 2.75) is 0 Å². The highest BCUT2D eigenvalue weighted by atomic mass is 32.1. The van der Waals surface area contributed by atoms with Crippen LogP contribution in [0.1, 0.15) is 25.6 Å². The number of halogens is 1. The third-order valence-corrected chi connectivity index (χ3v) is 7.72. The van der Waals surface area contributed by atoms with Gasteiger partial charge in [0.1, 0.15) is 22.3 Å². The van der Waals surface area contributed by atoms with E-state index in [4.69, 9.17) is 9.47 Å². The third kappa shape index (κ3) is 4.47. The molecule has 0 saturated carbocycles. The largest absolute Gasteiger partial charge is 0.497 e. The molecule has 5 aromatic rings. The average molecular weight is 536 g/mol. The van der Waals surface area contributed by atoms with Crippen LogP contribution in [0.5, 0.6) is 11.5 Å². The first kappa shape index (κ1) is 24.6. The number of nitrogens with zero attached hydrogens (tertiary/aromatic N) is 1. The highest BCUT2D eigenvalue weighted by molar-refractivity contribution is 7.17. The highest BCUT2D eigenvalue weighted by Crippen LogP contribution is 2.41. The van der Waals surface area contributed by atoms with Crippen molar-refractivity contribution in [1.29, 1.82) is 0 Å². The number of fused-ring (bicyclic) bond motifs is 2. The van der Waals surface area contributed by atoms with Gasteiger partial charge in [-0.25, -0.2) is 4.39 Å². The Morgan fingerprint density at radius 1 is 0.692 bits per heavy atom. The predicted octanol–water partition coefficient (Wildman–Crippen LogP) is 7.99. The van der Waals surface area contributed by atoms with Gasteiger partial charge in [0.05, 0.1) is 19.8 Å². The Kier molecular flexibility index (Phi) is 6.21. The molecule has 0 amide bonds. The van der Waals surface area contributed by atoms with Gasteiger partial charge in [0.2, 0.25) is 0 Å². The van der Waals surface area contributed by atoms with Gasteiger partial charge in [-0.2, -0.15) is 0 Å². The number of anilines is 3. The minimum absolute atomic E-state index is 0.106. The molecule has 192 valence electrons. The second-order valence-electron chi connectivity index (χ2n) is 9.01. The van der Waals surface area contributed by atoms with Crippen LogP contribution in [0.4, 0.5) is 20.8 Å². The van der Waals surface area contributed by atoms with Gasteiger partial charge in [0.25, 0.3) is 0 Å². The fourth-order valence-electron chi connectivity index (χ4n) is 4.72. The minimum atomic E-state index is -0.389. The minimum Gasteiger partial charge on any atom is -0.497 e. The van der Waals surface area contributed by atoms with Crippen LogP contribution in [0.25, 0.3) is 16.8 Å². The Morgan fingerprint density at radius 2 is 1.26 bits per heavy atom. The van der Waals surface area contributed by atoms with E-state index in [9.17, 15) is 14.0 Å². The van der Waals surface area contributed by atoms with Gasteiger partial charge in [-0.15, -0.1) is 11.3 Å². The topological polar surface area (TPSA) is 55.8 Å². The zero-order valence-corrected chi connectivity index (χ0v) is 21.9. The normalized spacial score (nSPS) is 13.7. The van der Waals surface area contributed by atoms with E-state index in [1.807, 2.05) is 60.7 Å². The molecule has 0 saturated heterocycles. The Balaban J connectivity index is 1.38. The molecule has 1 aliphatic rings. The summed E-state index contributed by atoms with van der Waals surface area (Å²) < 4.78 is 24.4. The van der Waals surface area contributed by atoms with E-state index in [0.717, 1.165) is 32.8 Å². The lowest BCUT2D eigenvalue weighted by Gasteiger charge is -2.24. The molecule has 0 N–H and O–H groups in total. The van der Waals surface area contributed by atoms with Gasteiger partial charge in [0.15, 0.2) is 11.6 Å². The fourth-order valence-corrected chi connectivity index (χ4v) is 5.71. The zero-order valence-electron chi connectivity index (χ0n) is 21.1. The molecule has 0 spiro atoms. The maximum Gasteiger partial charge on any atom is 0.197 e. The number of allylic oxidation sites excluding steroid dienone is 1. The first-order valence-electron chi connectivity index (χ1n) is 12.2. The molecule has 0 radical (unpaired) electrons. The molecule has 0 fully saturated rings. The van der Waals surface area contributed by atoms with Crippen LogP contribution >= 0.6 is 11.3 Å². The fraction of sp³-hybridized carbons (Fsp3) is 0.0625. The van der Waals surface area contributed by atoms with Crippen LogP contribution in [0.15, 0.2) is 96.6 Å². The molecule has 0 aliphatic heterocycles. The predicted molar refractivity (Wildman–Crippen MR) is 153 cm³/mol. The standard InChI is InChI=1S/C32H22FNO4S/c1-37-24-9-5-22(6-10-24)34(23-7-11-25(38-2)12-8-23)30-14-13-26(39-30)18-29-31(35)27-16-19-3-4-21(33)15-20(19)17-28(27)32(29)36/h3-18H,1-2H3/b29-18+. The number of methoxy groups -OCH3 is 2. The molecule has 1 heterocycles. The maximum absolute atomic E-state index is 13.7. The van der Waals surface area contributed by atoms with Crippen molar-refractivity contribution in [3.63, 3.8) is 0 Å². The molecule has 0 bridgehead atoms. The van der Waals surface area contributed by atoms with Crippen LogP contribution < -0.4 is 14.4 Å². The summed E-state index contributed by atoms with van der Waals surface area (Å²) in [6.45, 7) is 0. The van der Waals surface area contributed by atoms with Crippen LogP contribution in [-0.4, -0.2) is 25.8 Å². The number of ether oxygens (including phenoxy) is 2. The molecular weight excluding hydrogens is 513 g/mol. The number of thiophene rings is 1. The first-order chi connectivity index (χ1) is 18.9. The van der Waals surface area contributed by atoms with E-state index in [1.165, 1.54) is 23.5 Å². The maximum atomic E-state index is 13.7. The van der Waals surface area contributed by atoms with Gasteiger partial charge in [0, 0.05) is 27.4 Å². The Morgan fingerprint density at radius 3 is 1.82 bits per heavy atom. The second-order valence-corrected chi connectivity index (χ2v) is 10.1. The molecule has 39 heavy (non-hydrogen) atoms. The number of ketones is 2. The summed E-state index contributed by atoms with van der Waals surface area (Å²) in [5, 5.41) is 2.20. The summed E-state index contributed by atoms with van der Waals surface area (Å²) in [6, 6.07) is 26.9. The number of hydrogen-bond acceptors (Lipinski definition) is 6. The van der Waals surface area contributed by atoms with E-state index in [0.29, 0.717) is 21.9 Å². The van der Waals surface area contributed by atoms with Crippen LogP contribution in [0.3, 0.4) is 0 Å². The number of hydrogen-bond donors (Lipinski definition) is 0. The smallest absolute Gasteiger partial charge is 0.197 e. The molecule has 4 aromatic carbocycles. The SMILES string of the molecule is COc1ccc(N(c2ccc(OC)cc2)c2ccc(/C=C3\C(=O)c4cc5ccc(F)cc5cc4C3=O)s2)cc1. The van der Waals surface area contributed by atoms with Gasteiger partial charge in [-0.1, -0.05) is 6.07 Å². The average Bonchev–Trinajstić information content (AvgIpc) is 3.51. The number of Topliss-reactive ketones (excluding diaryl/α,β-unsaturated/α-hetero) is 2. The Labute approximate surface area is 228 Å². The summed E-state index contributed by atoms with van der Waals surface area (Å²) in [6.07, 6.45) is 1.64. The number of rotatable bonds is 6. The van der Waals surface area contributed by atoms with Gasteiger partial charge in [-0.05, 0) is 102 Å². The Bertz CT molecular complexity index is 1720. The van der Waals surface area contributed by atoms with E-state index < -0.39 is 0 Å². The van der Waals surface area contributed by atoms with Crippen molar-refractivity contribution in [3.05, 3.63) is 118 Å². The number of carbonyl (C=O) groups is 2. The summed E-state index contributed by atoms with van der Waals surface area (Å²) in [5.74, 6) is 0.438. The van der Waals surface area contributed by atoms with E-state index in [1.54, 1.807) is 38.5 Å². The lowest BCUT2D eigenvalue weighted by molar-refractivity contribution is 0.0990. The van der Waals surface area contributed by atoms with Gasteiger partial charge >= 0.3 is 0 Å². The Hall–Kier alpha value is -4.75. The molecule has 1 aromatic heterocycles. The summed E-state index contributed by atoms with van der Waals surface area (Å²) in [5.41, 5.74) is 2.59. The van der Waals surface area contributed by atoms with Crippen molar-refractivity contribution >= 4 is 56.1 Å². The lowest BCUT2D eigenvalue weighted by Crippen LogP contribution is -2.08. The number of carbonyl (C=O) groups excluding carboxylic acids is 2. The second kappa shape index (κ2) is 9.85. The van der Waals surface area contributed by atoms with Crippen molar-refractivity contribution in [2.24, 2.45) is 0 Å². The molecule has 6 rings (SSSR count). The van der Waals surface area contributed by atoms with Crippen LogP contribution in [-0.2, 0) is 0 Å². The van der Waals surface area contributed by atoms with E-state index in [2.05, 4.69) is 4.90 Å². The quantitative estimate of drug-likeness (QED) is 0.163. The van der Waals surface area contributed by atoms with E-state index in [-0.39, 0.29) is 23.0 Å². The van der Waals surface area contributed by atoms with Gasteiger partial charge in [-0.3, -0.25) is 9.59 Å². The number of benzene rings is 4. The molecular formula is C32H22FNO4S. The monoisotopic (exact) mass is 535 g/mol. The van der Waals surface area contributed by atoms with Crippen LogP contribution in [0, 0.1) is 5.82 Å². The lowest BCUT2D eigenvalue weighted by atomic mass is 10.0. The van der Waals surface area contributed by atoms with E-state index >= 15 is 0 Å². The van der Waals surface area contributed by atoms with Crippen molar-refractivity contribution in [2.75, 3.05) is 19.1 Å². The summed E-state index contributed by atoms with van der Waals surface area (Å²) in [4.78, 5) is 29.3. The molecule has 7 heteroatoms. The first-order valence-corrected chi connectivity index (χ1v) is 13.0. The highest BCUT2D eigenvalue weighted by Gasteiger charge is 2.33. The van der Waals surface area contributed by atoms with Crippen LogP contribution in [0.2, 0.25) is 0 Å². The molecule has 5 nitrogen and oxygen atoms in total. The molecule has 0 unspecified atom stereocenters. The summed E-state index contributed by atoms with van der Waals surface area (Å²) >= 11 is 1.46. The third-order valence-electron chi connectivity index (χ3n) is 6.70. The van der Waals surface area contributed by atoms with Crippen molar-refractivity contribution in [3.8, 4) is 11.5 Å². The molecule has 1 aliphatic carbocycles. The molecule has 0 atom stereocenters. The van der Waals surface area contributed by atoms with Crippen molar-refractivity contribution in [1.82, 2.24) is 0 Å². The van der Waals surface area contributed by atoms with Gasteiger partial charge < -0.3 is 14.4 Å².